The van der Waals surface area contributed by atoms with Crippen molar-refractivity contribution >= 4 is 40.0 Å². The third kappa shape index (κ3) is 2.25. The second-order valence-electron chi connectivity index (χ2n) is 4.37. The topological polar surface area (TPSA) is 76.4 Å². The molecule has 1 fully saturated rings. The van der Waals surface area contributed by atoms with Crippen molar-refractivity contribution in [3.8, 4) is 0 Å². The van der Waals surface area contributed by atoms with Crippen LogP contribution in [0.25, 0.3) is 17.0 Å². The number of carbonyl (C=O) groups is 2. The largest absolute Gasteiger partial charge is 0.423 e. The van der Waals surface area contributed by atoms with E-state index in [0.29, 0.717) is 11.1 Å². The van der Waals surface area contributed by atoms with Gasteiger partial charge in [0.05, 0.1) is 4.91 Å². The van der Waals surface area contributed by atoms with Gasteiger partial charge in [0.25, 0.3) is 11.1 Å². The number of hydrogen-bond donors (Lipinski definition) is 1. The highest BCUT2D eigenvalue weighted by atomic mass is 32.2. The van der Waals surface area contributed by atoms with Gasteiger partial charge >= 0.3 is 5.63 Å². The summed E-state index contributed by atoms with van der Waals surface area (Å²) < 4.78 is 5.11. The first-order chi connectivity index (χ1) is 9.52. The van der Waals surface area contributed by atoms with Crippen molar-refractivity contribution in [1.82, 2.24) is 5.32 Å². The third-order valence-electron chi connectivity index (χ3n) is 2.86. The van der Waals surface area contributed by atoms with E-state index in [9.17, 15) is 14.4 Å². The molecule has 0 spiro atoms. The molecule has 1 saturated heterocycles. The average Bonchev–Trinajstić information content (AvgIpc) is 2.69. The molecule has 0 saturated carbocycles. The highest BCUT2D eigenvalue weighted by molar-refractivity contribution is 8.18. The van der Waals surface area contributed by atoms with E-state index in [0.717, 1.165) is 22.7 Å². The first-order valence-electron chi connectivity index (χ1n) is 5.82. The SMILES string of the molecule is Cc1ccc2oc(=O)cc(/C=C3/SC(=O)NC3=O)c2c1. The molecule has 6 heteroatoms. The molecule has 0 bridgehead atoms. The van der Waals surface area contributed by atoms with Crippen molar-refractivity contribution in [1.29, 1.82) is 0 Å². The van der Waals surface area contributed by atoms with Gasteiger partial charge in [-0.25, -0.2) is 4.79 Å². The van der Waals surface area contributed by atoms with Gasteiger partial charge in [-0.1, -0.05) is 11.6 Å². The molecule has 100 valence electrons. The van der Waals surface area contributed by atoms with Crippen LogP contribution in [-0.2, 0) is 4.79 Å². The van der Waals surface area contributed by atoms with Crippen molar-refractivity contribution in [3.05, 3.63) is 50.7 Å². The van der Waals surface area contributed by atoms with Crippen LogP contribution in [0.4, 0.5) is 4.79 Å². The zero-order valence-electron chi connectivity index (χ0n) is 10.4. The van der Waals surface area contributed by atoms with E-state index in [1.165, 1.54) is 12.1 Å². The zero-order chi connectivity index (χ0) is 14.3. The lowest BCUT2D eigenvalue weighted by Gasteiger charge is -2.02. The van der Waals surface area contributed by atoms with E-state index in [1.807, 2.05) is 19.1 Å². The fourth-order valence-electron chi connectivity index (χ4n) is 1.98. The van der Waals surface area contributed by atoms with E-state index in [1.54, 1.807) is 6.07 Å². The summed E-state index contributed by atoms with van der Waals surface area (Å²) in [6.07, 6.45) is 1.53. The molecule has 0 unspecified atom stereocenters. The number of imide groups is 1. The molecule has 2 aromatic rings. The van der Waals surface area contributed by atoms with Gasteiger partial charge in [0.15, 0.2) is 0 Å². The molecule has 1 N–H and O–H groups in total. The summed E-state index contributed by atoms with van der Waals surface area (Å²) in [5, 5.41) is 2.49. The Morgan fingerprint density at radius 1 is 1.20 bits per heavy atom. The Hall–Kier alpha value is -2.34. The van der Waals surface area contributed by atoms with Crippen molar-refractivity contribution in [2.75, 3.05) is 0 Å². The van der Waals surface area contributed by atoms with Crippen molar-refractivity contribution in [3.63, 3.8) is 0 Å². The van der Waals surface area contributed by atoms with E-state index in [-0.39, 0.29) is 4.91 Å². The van der Waals surface area contributed by atoms with Crippen LogP contribution in [0.5, 0.6) is 0 Å². The first kappa shape index (κ1) is 12.7. The number of aryl methyl sites for hydroxylation is 1. The van der Waals surface area contributed by atoms with Crippen LogP contribution in [-0.4, -0.2) is 11.1 Å². The maximum atomic E-state index is 11.6. The second kappa shape index (κ2) is 4.64. The van der Waals surface area contributed by atoms with Gasteiger partial charge in [-0.15, -0.1) is 0 Å². The number of thioether (sulfide) groups is 1. The van der Waals surface area contributed by atoms with Crippen molar-refractivity contribution < 1.29 is 14.0 Å². The Labute approximate surface area is 117 Å². The summed E-state index contributed by atoms with van der Waals surface area (Å²) in [5.74, 6) is -0.450. The number of rotatable bonds is 1. The maximum absolute atomic E-state index is 11.6. The summed E-state index contributed by atoms with van der Waals surface area (Å²) in [7, 11) is 0. The van der Waals surface area contributed by atoms with Gasteiger partial charge in [-0.2, -0.15) is 0 Å². The average molecular weight is 287 g/mol. The molecule has 2 amide bonds. The highest BCUT2D eigenvalue weighted by Crippen LogP contribution is 2.28. The normalized spacial score (nSPS) is 16.9. The van der Waals surface area contributed by atoms with Crippen molar-refractivity contribution in [2.45, 2.75) is 6.92 Å². The monoisotopic (exact) mass is 287 g/mol. The summed E-state index contributed by atoms with van der Waals surface area (Å²) in [5.41, 5.74) is 1.52. The number of carbonyl (C=O) groups excluding carboxylic acids is 2. The standard InChI is InChI=1S/C14H9NO4S/c1-7-2-3-10-9(4-7)8(6-12(16)19-10)5-11-13(17)15-14(18)20-11/h2-6H,1H3,(H,15,17,18)/b11-5+. The van der Waals surface area contributed by atoms with Crippen LogP contribution in [0.3, 0.4) is 0 Å². The minimum absolute atomic E-state index is 0.267. The van der Waals surface area contributed by atoms with Gasteiger partial charge in [0.1, 0.15) is 5.58 Å². The molecule has 5 nitrogen and oxygen atoms in total. The maximum Gasteiger partial charge on any atom is 0.336 e. The molecule has 0 aliphatic carbocycles. The van der Waals surface area contributed by atoms with Crippen LogP contribution in [0, 0.1) is 6.92 Å². The summed E-state index contributed by atoms with van der Waals surface area (Å²) >= 11 is 0.816. The molecule has 0 atom stereocenters. The predicted octanol–water partition coefficient (Wildman–Crippen LogP) is 2.43. The molecule has 1 aliphatic heterocycles. The lowest BCUT2D eigenvalue weighted by molar-refractivity contribution is -0.115. The number of hydrogen-bond acceptors (Lipinski definition) is 5. The summed E-state index contributed by atoms with van der Waals surface area (Å²) in [6.45, 7) is 1.92. The van der Waals surface area contributed by atoms with Crippen LogP contribution in [0.1, 0.15) is 11.1 Å². The Balaban J connectivity index is 2.23. The number of nitrogens with one attached hydrogen (secondary N) is 1. The molecule has 20 heavy (non-hydrogen) atoms. The lowest BCUT2D eigenvalue weighted by Crippen LogP contribution is -2.17. The predicted molar refractivity (Wildman–Crippen MR) is 76.3 cm³/mol. The molecular formula is C14H9NO4S. The summed E-state index contributed by atoms with van der Waals surface area (Å²) in [6, 6.07) is 6.72. The number of fused-ring (bicyclic) bond motifs is 1. The van der Waals surface area contributed by atoms with Crippen LogP contribution < -0.4 is 10.9 Å². The molecule has 2 heterocycles. The zero-order valence-corrected chi connectivity index (χ0v) is 11.2. The number of amides is 2. The number of benzene rings is 1. The van der Waals surface area contributed by atoms with Crippen molar-refractivity contribution in [2.24, 2.45) is 0 Å². The first-order valence-corrected chi connectivity index (χ1v) is 6.64. The minimum atomic E-state index is -0.497. The fraction of sp³-hybridized carbons (Fsp3) is 0.0714. The molecule has 0 radical (unpaired) electrons. The van der Waals surface area contributed by atoms with Gasteiger partial charge in [0.2, 0.25) is 0 Å². The Morgan fingerprint density at radius 2 is 2.00 bits per heavy atom. The van der Waals surface area contributed by atoms with Gasteiger partial charge in [-0.05, 0) is 42.5 Å². The quantitative estimate of drug-likeness (QED) is 0.644. The fourth-order valence-corrected chi connectivity index (χ4v) is 2.66. The van der Waals surface area contributed by atoms with E-state index in [2.05, 4.69) is 5.32 Å². The van der Waals surface area contributed by atoms with Gasteiger partial charge in [-0.3, -0.25) is 14.9 Å². The van der Waals surface area contributed by atoms with Crippen LogP contribution in [0.2, 0.25) is 0 Å². The molecule has 1 aromatic carbocycles. The second-order valence-corrected chi connectivity index (χ2v) is 5.39. The van der Waals surface area contributed by atoms with Crippen LogP contribution in [0.15, 0.2) is 38.4 Å². The molecular weight excluding hydrogens is 278 g/mol. The van der Waals surface area contributed by atoms with E-state index in [4.69, 9.17) is 4.42 Å². The van der Waals surface area contributed by atoms with E-state index >= 15 is 0 Å². The molecule has 1 aliphatic rings. The van der Waals surface area contributed by atoms with Gasteiger partial charge < -0.3 is 4.42 Å². The van der Waals surface area contributed by atoms with Gasteiger partial charge in [0, 0.05) is 11.5 Å². The van der Waals surface area contributed by atoms with E-state index < -0.39 is 16.8 Å². The summed E-state index contributed by atoms with van der Waals surface area (Å²) in [4.78, 5) is 34.5. The Kier molecular flexibility index (Phi) is 2.94. The minimum Gasteiger partial charge on any atom is -0.423 e. The smallest absolute Gasteiger partial charge is 0.336 e. The highest BCUT2D eigenvalue weighted by Gasteiger charge is 2.25. The van der Waals surface area contributed by atoms with Crippen LogP contribution >= 0.6 is 11.8 Å². The Morgan fingerprint density at radius 3 is 2.70 bits per heavy atom. The Bertz CT molecular complexity index is 835. The lowest BCUT2D eigenvalue weighted by atomic mass is 10.1. The molecule has 1 aromatic heterocycles. The third-order valence-corrected chi connectivity index (χ3v) is 3.67. The molecule has 3 rings (SSSR count).